The predicted molar refractivity (Wildman–Crippen MR) is 76.9 cm³/mol. The van der Waals surface area contributed by atoms with Crippen LogP contribution in [0.3, 0.4) is 0 Å². The number of benzene rings is 1. The Morgan fingerprint density at radius 3 is 2.80 bits per heavy atom. The fourth-order valence-electron chi connectivity index (χ4n) is 2.87. The Balaban J connectivity index is 1.66. The van der Waals surface area contributed by atoms with Gasteiger partial charge in [-0.05, 0) is 6.07 Å². The summed E-state index contributed by atoms with van der Waals surface area (Å²) < 4.78 is 11.1. The molecule has 1 atom stereocenters. The molecule has 2 fully saturated rings. The van der Waals surface area contributed by atoms with Crippen LogP contribution in [-0.2, 0) is 9.47 Å². The summed E-state index contributed by atoms with van der Waals surface area (Å²) >= 11 is 6.25. The van der Waals surface area contributed by atoms with E-state index in [1.54, 1.807) is 0 Å². The van der Waals surface area contributed by atoms with Crippen LogP contribution in [0.4, 0.5) is 0 Å². The van der Waals surface area contributed by atoms with Crippen molar-refractivity contribution in [2.75, 3.05) is 46.1 Å². The summed E-state index contributed by atoms with van der Waals surface area (Å²) in [6.07, 6.45) is 0.00851. The Kier molecular flexibility index (Phi) is 4.29. The molecular formula is C15H20ClNO3. The van der Waals surface area contributed by atoms with Crippen molar-refractivity contribution in [3.8, 4) is 0 Å². The first-order valence-corrected chi connectivity index (χ1v) is 7.37. The van der Waals surface area contributed by atoms with Gasteiger partial charge in [0.15, 0.2) is 0 Å². The van der Waals surface area contributed by atoms with E-state index < -0.39 is 0 Å². The summed E-state index contributed by atoms with van der Waals surface area (Å²) in [5, 5.41) is 10.3. The average Bonchev–Trinajstić information content (AvgIpc) is 2.44. The van der Waals surface area contributed by atoms with E-state index >= 15 is 0 Å². The van der Waals surface area contributed by atoms with E-state index in [0.29, 0.717) is 19.8 Å². The number of hydrogen-bond donors (Lipinski definition) is 1. The third kappa shape index (κ3) is 2.85. The highest BCUT2D eigenvalue weighted by atomic mass is 35.5. The SMILES string of the molecule is OCC1(CN2CCOC(c3ccccc3Cl)C2)COC1. The monoisotopic (exact) mass is 297 g/mol. The molecule has 110 valence electrons. The summed E-state index contributed by atoms with van der Waals surface area (Å²) in [4.78, 5) is 2.34. The lowest BCUT2D eigenvalue weighted by atomic mass is 9.86. The van der Waals surface area contributed by atoms with Crippen molar-refractivity contribution in [1.29, 1.82) is 0 Å². The van der Waals surface area contributed by atoms with Gasteiger partial charge in [0.1, 0.15) is 0 Å². The molecule has 3 rings (SSSR count). The van der Waals surface area contributed by atoms with Crippen LogP contribution < -0.4 is 0 Å². The maximum atomic E-state index is 9.54. The number of nitrogens with zero attached hydrogens (tertiary/aromatic N) is 1. The second kappa shape index (κ2) is 6.00. The van der Waals surface area contributed by atoms with Crippen LogP contribution in [0.15, 0.2) is 24.3 Å². The highest BCUT2D eigenvalue weighted by molar-refractivity contribution is 6.31. The first-order chi connectivity index (χ1) is 9.72. The maximum Gasteiger partial charge on any atom is 0.0966 e. The minimum Gasteiger partial charge on any atom is -0.396 e. The van der Waals surface area contributed by atoms with Gasteiger partial charge in [0.25, 0.3) is 0 Å². The van der Waals surface area contributed by atoms with Gasteiger partial charge in [-0.1, -0.05) is 29.8 Å². The molecule has 1 unspecified atom stereocenters. The Morgan fingerprint density at radius 1 is 1.35 bits per heavy atom. The Labute approximate surface area is 124 Å². The van der Waals surface area contributed by atoms with Crippen LogP contribution >= 0.6 is 11.6 Å². The molecule has 2 aliphatic heterocycles. The Hall–Kier alpha value is -0.650. The van der Waals surface area contributed by atoms with Gasteiger partial charge in [0.05, 0.1) is 37.9 Å². The summed E-state index contributed by atoms with van der Waals surface area (Å²) in [7, 11) is 0. The predicted octanol–water partition coefficient (Wildman–Crippen LogP) is 1.72. The van der Waals surface area contributed by atoms with Crippen molar-refractivity contribution < 1.29 is 14.6 Å². The van der Waals surface area contributed by atoms with E-state index in [1.807, 2.05) is 24.3 Å². The lowest BCUT2D eigenvalue weighted by Gasteiger charge is -2.45. The minimum atomic E-state index is -0.0810. The van der Waals surface area contributed by atoms with E-state index in [2.05, 4.69) is 4.90 Å². The van der Waals surface area contributed by atoms with Gasteiger partial charge in [-0.25, -0.2) is 0 Å². The van der Waals surface area contributed by atoms with Crippen molar-refractivity contribution >= 4 is 11.6 Å². The fourth-order valence-corrected chi connectivity index (χ4v) is 3.13. The van der Waals surface area contributed by atoms with Gasteiger partial charge in [-0.2, -0.15) is 0 Å². The van der Waals surface area contributed by atoms with E-state index in [0.717, 1.165) is 30.2 Å². The van der Waals surface area contributed by atoms with Gasteiger partial charge in [0, 0.05) is 30.2 Å². The molecule has 1 aromatic carbocycles. The number of ether oxygens (including phenoxy) is 2. The van der Waals surface area contributed by atoms with E-state index in [9.17, 15) is 5.11 Å². The summed E-state index contributed by atoms with van der Waals surface area (Å²) in [6, 6.07) is 7.83. The molecule has 0 aliphatic carbocycles. The fraction of sp³-hybridized carbons (Fsp3) is 0.600. The molecule has 1 N–H and O–H groups in total. The Bertz CT molecular complexity index is 459. The second-order valence-electron chi connectivity index (χ2n) is 5.77. The summed E-state index contributed by atoms with van der Waals surface area (Å²) in [5.41, 5.74) is 0.962. The minimum absolute atomic E-state index is 0.00851. The number of aliphatic hydroxyl groups excluding tert-OH is 1. The molecule has 0 radical (unpaired) electrons. The van der Waals surface area contributed by atoms with Crippen LogP contribution in [0.2, 0.25) is 5.02 Å². The molecule has 4 nitrogen and oxygen atoms in total. The van der Waals surface area contributed by atoms with Crippen molar-refractivity contribution in [3.63, 3.8) is 0 Å². The number of morpholine rings is 1. The lowest BCUT2D eigenvalue weighted by Crippen LogP contribution is -2.55. The zero-order chi connectivity index (χ0) is 14.0. The molecule has 5 heteroatoms. The highest BCUT2D eigenvalue weighted by Gasteiger charge is 2.40. The highest BCUT2D eigenvalue weighted by Crippen LogP contribution is 2.32. The van der Waals surface area contributed by atoms with Gasteiger partial charge in [0.2, 0.25) is 0 Å². The molecule has 0 aromatic heterocycles. The molecule has 0 spiro atoms. The topological polar surface area (TPSA) is 41.9 Å². The van der Waals surface area contributed by atoms with Crippen molar-refractivity contribution in [3.05, 3.63) is 34.9 Å². The van der Waals surface area contributed by atoms with E-state index in [4.69, 9.17) is 21.1 Å². The van der Waals surface area contributed by atoms with Crippen LogP contribution in [0, 0.1) is 5.41 Å². The largest absolute Gasteiger partial charge is 0.396 e. The van der Waals surface area contributed by atoms with E-state index in [1.165, 1.54) is 0 Å². The zero-order valence-electron chi connectivity index (χ0n) is 11.4. The Morgan fingerprint density at radius 2 is 2.15 bits per heavy atom. The second-order valence-corrected chi connectivity index (χ2v) is 6.17. The molecule has 2 aliphatic rings. The third-order valence-corrected chi connectivity index (χ3v) is 4.46. The zero-order valence-corrected chi connectivity index (χ0v) is 12.2. The molecule has 1 aromatic rings. The molecular weight excluding hydrogens is 278 g/mol. The maximum absolute atomic E-state index is 9.54. The number of aliphatic hydroxyl groups is 1. The van der Waals surface area contributed by atoms with Gasteiger partial charge >= 0.3 is 0 Å². The van der Waals surface area contributed by atoms with Crippen molar-refractivity contribution in [2.45, 2.75) is 6.10 Å². The number of hydrogen-bond acceptors (Lipinski definition) is 4. The summed E-state index contributed by atoms with van der Waals surface area (Å²) in [5.74, 6) is 0. The molecule has 0 saturated carbocycles. The first-order valence-electron chi connectivity index (χ1n) is 6.99. The number of rotatable bonds is 4. The van der Waals surface area contributed by atoms with Crippen LogP contribution in [-0.4, -0.2) is 56.1 Å². The van der Waals surface area contributed by atoms with Crippen LogP contribution in [0.1, 0.15) is 11.7 Å². The third-order valence-electron chi connectivity index (χ3n) is 4.11. The van der Waals surface area contributed by atoms with Crippen LogP contribution in [0.25, 0.3) is 0 Å². The smallest absolute Gasteiger partial charge is 0.0966 e. The lowest BCUT2D eigenvalue weighted by molar-refractivity contribution is -0.158. The quantitative estimate of drug-likeness (QED) is 0.919. The molecule has 0 amide bonds. The summed E-state index contributed by atoms with van der Waals surface area (Å²) in [6.45, 7) is 4.73. The van der Waals surface area contributed by atoms with Crippen molar-refractivity contribution in [2.24, 2.45) is 5.41 Å². The molecule has 0 bridgehead atoms. The molecule has 2 saturated heterocycles. The molecule has 2 heterocycles. The standard InChI is InChI=1S/C15H20ClNO3/c16-13-4-2-1-3-12(13)14-7-17(5-6-20-14)8-15(9-18)10-19-11-15/h1-4,14,18H,5-11H2. The van der Waals surface area contributed by atoms with E-state index in [-0.39, 0.29) is 18.1 Å². The van der Waals surface area contributed by atoms with Crippen molar-refractivity contribution in [1.82, 2.24) is 4.90 Å². The van der Waals surface area contributed by atoms with Gasteiger partial charge < -0.3 is 14.6 Å². The molecule has 20 heavy (non-hydrogen) atoms. The number of halogens is 1. The van der Waals surface area contributed by atoms with Gasteiger partial charge in [-0.3, -0.25) is 4.90 Å². The average molecular weight is 298 g/mol. The van der Waals surface area contributed by atoms with Crippen LogP contribution in [0.5, 0.6) is 0 Å². The normalized spacial score (nSPS) is 26.2. The first kappa shape index (κ1) is 14.3. The van der Waals surface area contributed by atoms with Gasteiger partial charge in [-0.15, -0.1) is 0 Å².